The molecule has 112 valence electrons. The van der Waals surface area contributed by atoms with Gasteiger partial charge in [-0.1, -0.05) is 6.92 Å². The second kappa shape index (κ2) is 6.19. The second-order valence-electron chi connectivity index (χ2n) is 5.68. The molecule has 1 unspecified atom stereocenters. The van der Waals surface area contributed by atoms with E-state index in [1.54, 1.807) is 20.1 Å². The third-order valence-electron chi connectivity index (χ3n) is 4.38. The number of ether oxygens (including phenoxy) is 1. The summed E-state index contributed by atoms with van der Waals surface area (Å²) in [5.74, 6) is -0.976. The molecule has 20 heavy (non-hydrogen) atoms. The third-order valence-corrected chi connectivity index (χ3v) is 4.38. The lowest BCUT2D eigenvalue weighted by Crippen LogP contribution is -2.43. The van der Waals surface area contributed by atoms with Crippen molar-refractivity contribution in [3.8, 4) is 0 Å². The molecule has 2 rings (SSSR count). The first-order valence-electron chi connectivity index (χ1n) is 7.25. The zero-order valence-corrected chi connectivity index (χ0v) is 12.4. The summed E-state index contributed by atoms with van der Waals surface area (Å²) in [7, 11) is 1.72. The number of rotatable bonds is 6. The maximum atomic E-state index is 14.1. The molecule has 1 aromatic carbocycles. The SMILES string of the molecule is CCNC(CC1(OC)CCC1)c1cc(C)c(F)cc1F. The van der Waals surface area contributed by atoms with Gasteiger partial charge < -0.3 is 10.1 Å². The van der Waals surface area contributed by atoms with Crippen molar-refractivity contribution < 1.29 is 13.5 Å². The summed E-state index contributed by atoms with van der Waals surface area (Å²) in [6.07, 6.45) is 3.89. The Hall–Kier alpha value is -1.00. The van der Waals surface area contributed by atoms with E-state index >= 15 is 0 Å². The van der Waals surface area contributed by atoms with Gasteiger partial charge in [0.15, 0.2) is 0 Å². The number of nitrogens with one attached hydrogen (secondary N) is 1. The van der Waals surface area contributed by atoms with Crippen LogP contribution in [0.3, 0.4) is 0 Å². The van der Waals surface area contributed by atoms with E-state index in [1.165, 1.54) is 0 Å². The first-order chi connectivity index (χ1) is 9.51. The van der Waals surface area contributed by atoms with Crippen LogP contribution >= 0.6 is 0 Å². The largest absolute Gasteiger partial charge is 0.378 e. The van der Waals surface area contributed by atoms with Gasteiger partial charge in [-0.05, 0) is 50.8 Å². The maximum absolute atomic E-state index is 14.1. The van der Waals surface area contributed by atoms with E-state index < -0.39 is 11.6 Å². The molecule has 1 atom stereocenters. The van der Waals surface area contributed by atoms with E-state index in [0.29, 0.717) is 11.1 Å². The van der Waals surface area contributed by atoms with Crippen molar-refractivity contribution in [2.45, 2.75) is 51.2 Å². The summed E-state index contributed by atoms with van der Waals surface area (Å²) in [6.45, 7) is 4.39. The fourth-order valence-corrected chi connectivity index (χ4v) is 2.92. The minimum absolute atomic E-state index is 0.139. The Bertz CT molecular complexity index is 466. The van der Waals surface area contributed by atoms with Crippen LogP contribution in [0.2, 0.25) is 0 Å². The van der Waals surface area contributed by atoms with Gasteiger partial charge in [-0.3, -0.25) is 0 Å². The van der Waals surface area contributed by atoms with Crippen LogP contribution in [-0.4, -0.2) is 19.3 Å². The summed E-state index contributed by atoms with van der Waals surface area (Å²) in [6, 6.07) is 2.45. The highest BCUT2D eigenvalue weighted by molar-refractivity contribution is 5.28. The zero-order chi connectivity index (χ0) is 14.8. The van der Waals surface area contributed by atoms with E-state index in [2.05, 4.69) is 5.32 Å². The minimum Gasteiger partial charge on any atom is -0.378 e. The van der Waals surface area contributed by atoms with Crippen molar-refractivity contribution in [1.82, 2.24) is 5.32 Å². The molecule has 0 radical (unpaired) electrons. The van der Waals surface area contributed by atoms with Crippen LogP contribution in [0.5, 0.6) is 0 Å². The van der Waals surface area contributed by atoms with Gasteiger partial charge in [0.05, 0.1) is 5.60 Å². The average molecular weight is 283 g/mol. The van der Waals surface area contributed by atoms with Gasteiger partial charge in [0, 0.05) is 24.8 Å². The second-order valence-corrected chi connectivity index (χ2v) is 5.68. The van der Waals surface area contributed by atoms with Crippen molar-refractivity contribution >= 4 is 0 Å². The van der Waals surface area contributed by atoms with Crippen molar-refractivity contribution in [2.75, 3.05) is 13.7 Å². The molecule has 1 aliphatic carbocycles. The van der Waals surface area contributed by atoms with Crippen LogP contribution in [0, 0.1) is 18.6 Å². The summed E-state index contributed by atoms with van der Waals surface area (Å²) >= 11 is 0. The van der Waals surface area contributed by atoms with Gasteiger partial charge in [-0.2, -0.15) is 0 Å². The molecule has 1 aromatic rings. The molecule has 0 heterocycles. The molecular formula is C16H23F2NO. The Morgan fingerprint density at radius 3 is 2.50 bits per heavy atom. The number of aryl methyl sites for hydroxylation is 1. The summed E-state index contributed by atoms with van der Waals surface area (Å²) in [4.78, 5) is 0. The summed E-state index contributed by atoms with van der Waals surface area (Å²) in [5.41, 5.74) is 0.861. The number of halogens is 2. The fraction of sp³-hybridized carbons (Fsp3) is 0.625. The Morgan fingerprint density at radius 2 is 2.00 bits per heavy atom. The molecule has 0 aliphatic heterocycles. The predicted molar refractivity (Wildman–Crippen MR) is 75.7 cm³/mol. The molecule has 1 fully saturated rings. The first-order valence-corrected chi connectivity index (χ1v) is 7.25. The molecule has 0 spiro atoms. The molecule has 4 heteroatoms. The maximum Gasteiger partial charge on any atom is 0.130 e. The number of hydrogen-bond acceptors (Lipinski definition) is 2. The highest BCUT2D eigenvalue weighted by atomic mass is 19.1. The molecule has 0 aromatic heterocycles. The average Bonchev–Trinajstić information content (AvgIpc) is 2.37. The molecule has 0 amide bonds. The van der Waals surface area contributed by atoms with E-state index in [-0.39, 0.29) is 11.6 Å². The molecule has 1 saturated carbocycles. The molecule has 2 nitrogen and oxygen atoms in total. The number of hydrogen-bond donors (Lipinski definition) is 1. The van der Waals surface area contributed by atoms with Crippen LogP contribution in [0.4, 0.5) is 8.78 Å². The lowest BCUT2D eigenvalue weighted by atomic mass is 9.74. The van der Waals surface area contributed by atoms with Crippen molar-refractivity contribution in [2.24, 2.45) is 0 Å². The van der Waals surface area contributed by atoms with Crippen LogP contribution in [0.15, 0.2) is 12.1 Å². The highest BCUT2D eigenvalue weighted by Gasteiger charge is 2.39. The van der Waals surface area contributed by atoms with Crippen molar-refractivity contribution in [3.05, 3.63) is 34.9 Å². The summed E-state index contributed by atoms with van der Waals surface area (Å²) < 4.78 is 33.1. The number of benzene rings is 1. The van der Waals surface area contributed by atoms with Crippen LogP contribution in [0.25, 0.3) is 0 Å². The van der Waals surface area contributed by atoms with E-state index in [1.807, 2.05) is 6.92 Å². The van der Waals surface area contributed by atoms with Crippen molar-refractivity contribution in [3.63, 3.8) is 0 Å². The smallest absolute Gasteiger partial charge is 0.130 e. The Morgan fingerprint density at radius 1 is 1.30 bits per heavy atom. The minimum atomic E-state index is -0.494. The lowest BCUT2D eigenvalue weighted by Gasteiger charge is -2.43. The molecular weight excluding hydrogens is 260 g/mol. The first kappa shape index (κ1) is 15.4. The Labute approximate surface area is 119 Å². The topological polar surface area (TPSA) is 21.3 Å². The summed E-state index contributed by atoms with van der Waals surface area (Å²) in [5, 5.41) is 3.30. The molecule has 1 aliphatic rings. The predicted octanol–water partition coefficient (Wildman–Crippen LogP) is 3.88. The van der Waals surface area contributed by atoms with E-state index in [9.17, 15) is 8.78 Å². The highest BCUT2D eigenvalue weighted by Crippen LogP contribution is 2.42. The van der Waals surface area contributed by atoms with E-state index in [0.717, 1.165) is 38.3 Å². The molecule has 1 N–H and O–H groups in total. The van der Waals surface area contributed by atoms with Gasteiger partial charge in [-0.15, -0.1) is 0 Å². The van der Waals surface area contributed by atoms with E-state index in [4.69, 9.17) is 4.74 Å². The third kappa shape index (κ3) is 3.01. The van der Waals surface area contributed by atoms with Gasteiger partial charge in [0.25, 0.3) is 0 Å². The van der Waals surface area contributed by atoms with Crippen LogP contribution in [-0.2, 0) is 4.74 Å². The quantitative estimate of drug-likeness (QED) is 0.855. The zero-order valence-electron chi connectivity index (χ0n) is 12.4. The molecule has 0 bridgehead atoms. The Balaban J connectivity index is 2.26. The van der Waals surface area contributed by atoms with Crippen LogP contribution in [0.1, 0.15) is 49.8 Å². The normalized spacial score (nSPS) is 18.6. The fourth-order valence-electron chi connectivity index (χ4n) is 2.92. The van der Waals surface area contributed by atoms with Gasteiger partial charge in [0.1, 0.15) is 11.6 Å². The van der Waals surface area contributed by atoms with Gasteiger partial charge >= 0.3 is 0 Å². The number of methoxy groups -OCH3 is 1. The Kier molecular flexibility index (Phi) is 4.76. The van der Waals surface area contributed by atoms with Crippen LogP contribution < -0.4 is 5.32 Å². The van der Waals surface area contributed by atoms with Crippen molar-refractivity contribution in [1.29, 1.82) is 0 Å². The lowest BCUT2D eigenvalue weighted by molar-refractivity contribution is -0.0839. The molecule has 0 saturated heterocycles. The standard InChI is InChI=1S/C16H23F2NO/c1-4-19-15(10-16(20-3)6-5-7-16)12-8-11(2)13(17)9-14(12)18/h8-9,15,19H,4-7,10H2,1-3H3. The van der Waals surface area contributed by atoms with Gasteiger partial charge in [0.2, 0.25) is 0 Å². The van der Waals surface area contributed by atoms with Gasteiger partial charge in [-0.25, -0.2) is 8.78 Å². The monoisotopic (exact) mass is 283 g/mol.